The molecule has 10 aromatic rings. The number of rotatable bonds is 3. The highest BCUT2D eigenvalue weighted by molar-refractivity contribution is 6.23. The molecule has 11 rings (SSSR count). The van der Waals surface area contributed by atoms with Gasteiger partial charge in [0, 0.05) is 43.4 Å². The lowest BCUT2D eigenvalue weighted by atomic mass is 9.99. The van der Waals surface area contributed by atoms with E-state index in [0.29, 0.717) is 5.96 Å². The van der Waals surface area contributed by atoms with Crippen molar-refractivity contribution < 1.29 is 8.83 Å². The Bertz CT molecular complexity index is 3020. The quantitative estimate of drug-likeness (QED) is 0.206. The summed E-state index contributed by atoms with van der Waals surface area (Å²) >= 11 is 0. The number of fused-ring (bicyclic) bond motifs is 9. The van der Waals surface area contributed by atoms with E-state index in [0.717, 1.165) is 83.0 Å². The van der Waals surface area contributed by atoms with Gasteiger partial charge in [0.1, 0.15) is 34.3 Å². The molecular weight excluding hydrogens is 629 g/mol. The molecule has 7 aromatic carbocycles. The summed E-state index contributed by atoms with van der Waals surface area (Å²) in [7, 11) is 0. The number of nitrogens with zero attached hydrogens (tertiary/aromatic N) is 3. The van der Waals surface area contributed by atoms with E-state index in [4.69, 9.17) is 18.8 Å². The number of nitrogens with one attached hydrogen (secondary N) is 1. The van der Waals surface area contributed by atoms with Crippen LogP contribution in [0.4, 0.5) is 0 Å². The monoisotopic (exact) mass is 656 g/mol. The molecule has 1 aliphatic heterocycles. The molecule has 0 bridgehead atoms. The van der Waals surface area contributed by atoms with Crippen LogP contribution < -0.4 is 5.32 Å². The molecule has 0 saturated carbocycles. The molecule has 6 nitrogen and oxygen atoms in total. The Kier molecular flexibility index (Phi) is 5.92. The first-order chi connectivity index (χ1) is 25.3. The minimum Gasteiger partial charge on any atom is -0.456 e. The molecule has 0 radical (unpaired) electrons. The Morgan fingerprint density at radius 2 is 1.16 bits per heavy atom. The topological polar surface area (TPSA) is 68.0 Å². The number of aliphatic imine (C=N–C) groups is 2. The third-order valence-corrected chi connectivity index (χ3v) is 10.1. The molecule has 3 aromatic heterocycles. The smallest absolute Gasteiger partial charge is 0.234 e. The van der Waals surface area contributed by atoms with E-state index in [9.17, 15) is 0 Å². The van der Waals surface area contributed by atoms with Crippen molar-refractivity contribution in [2.24, 2.45) is 9.98 Å². The third kappa shape index (κ3) is 4.23. The normalized spacial score (nSPS) is 14.9. The minimum absolute atomic E-state index is 0.353. The molecule has 1 atom stereocenters. The molecule has 0 saturated heterocycles. The van der Waals surface area contributed by atoms with E-state index in [1.807, 2.05) is 48.5 Å². The fraction of sp³-hybridized carbons (Fsp3) is 0.0222. The highest BCUT2D eigenvalue weighted by atomic mass is 16.3. The van der Waals surface area contributed by atoms with Gasteiger partial charge in [-0.3, -0.25) is 4.57 Å². The van der Waals surface area contributed by atoms with Crippen LogP contribution in [0.25, 0.3) is 76.8 Å². The maximum Gasteiger partial charge on any atom is 0.234 e. The zero-order valence-corrected chi connectivity index (χ0v) is 27.2. The van der Waals surface area contributed by atoms with Crippen molar-refractivity contribution in [3.63, 3.8) is 0 Å². The first-order valence-electron chi connectivity index (χ1n) is 17.1. The summed E-state index contributed by atoms with van der Waals surface area (Å²) < 4.78 is 15.0. The predicted octanol–water partition coefficient (Wildman–Crippen LogP) is 11.2. The highest BCUT2D eigenvalue weighted by Crippen LogP contribution is 2.40. The molecule has 0 aliphatic carbocycles. The average Bonchev–Trinajstić information content (AvgIpc) is 3.87. The van der Waals surface area contributed by atoms with E-state index in [-0.39, 0.29) is 6.17 Å². The van der Waals surface area contributed by atoms with Gasteiger partial charge in [-0.2, -0.15) is 4.99 Å². The SMILES string of the molecule is c1ccc(C2N=C(n3c4ccccc4c4ccccc43)N=C(c3cccc4oc5c(-c6ccc7oc8ccccc8c7c6)cccc5c34)N2)cc1. The second-order valence-electron chi connectivity index (χ2n) is 13.0. The van der Waals surface area contributed by atoms with Crippen LogP contribution in [0.2, 0.25) is 0 Å². The van der Waals surface area contributed by atoms with Gasteiger partial charge in [0.15, 0.2) is 0 Å². The molecule has 1 unspecified atom stereocenters. The van der Waals surface area contributed by atoms with Gasteiger partial charge in [-0.15, -0.1) is 0 Å². The zero-order chi connectivity index (χ0) is 33.5. The number of benzene rings is 7. The Labute approximate surface area is 291 Å². The Morgan fingerprint density at radius 3 is 1.98 bits per heavy atom. The van der Waals surface area contributed by atoms with Gasteiger partial charge < -0.3 is 14.2 Å². The lowest BCUT2D eigenvalue weighted by Crippen LogP contribution is -2.35. The van der Waals surface area contributed by atoms with Crippen LogP contribution in [-0.4, -0.2) is 16.4 Å². The van der Waals surface area contributed by atoms with Crippen molar-refractivity contribution in [3.8, 4) is 11.1 Å². The molecule has 0 amide bonds. The number of hydrogen-bond donors (Lipinski definition) is 1. The van der Waals surface area contributed by atoms with Crippen LogP contribution in [0.3, 0.4) is 0 Å². The fourth-order valence-corrected chi connectivity index (χ4v) is 7.78. The Hall–Kier alpha value is -6.92. The largest absolute Gasteiger partial charge is 0.456 e. The van der Waals surface area contributed by atoms with Crippen molar-refractivity contribution in [2.45, 2.75) is 6.17 Å². The van der Waals surface area contributed by atoms with Gasteiger partial charge in [-0.25, -0.2) is 4.99 Å². The maximum atomic E-state index is 6.73. The van der Waals surface area contributed by atoms with Gasteiger partial charge in [-0.1, -0.05) is 121 Å². The van der Waals surface area contributed by atoms with Crippen molar-refractivity contribution in [1.82, 2.24) is 9.88 Å². The van der Waals surface area contributed by atoms with E-state index < -0.39 is 0 Å². The van der Waals surface area contributed by atoms with E-state index >= 15 is 0 Å². The number of amidine groups is 1. The van der Waals surface area contributed by atoms with Crippen LogP contribution >= 0.6 is 0 Å². The molecule has 240 valence electrons. The van der Waals surface area contributed by atoms with Crippen LogP contribution in [0, 0.1) is 0 Å². The summed E-state index contributed by atoms with van der Waals surface area (Å²) in [6, 6.07) is 54.4. The lowest BCUT2D eigenvalue weighted by molar-refractivity contribution is 0.666. The van der Waals surface area contributed by atoms with Gasteiger partial charge in [-0.05, 0) is 47.5 Å². The molecule has 4 heterocycles. The molecule has 1 N–H and O–H groups in total. The second-order valence-corrected chi connectivity index (χ2v) is 13.0. The van der Waals surface area contributed by atoms with Gasteiger partial charge >= 0.3 is 0 Å². The highest BCUT2D eigenvalue weighted by Gasteiger charge is 2.26. The minimum atomic E-state index is -0.353. The number of hydrogen-bond acceptors (Lipinski definition) is 5. The van der Waals surface area contributed by atoms with Crippen LogP contribution in [0.15, 0.2) is 177 Å². The number of furan rings is 2. The fourth-order valence-electron chi connectivity index (χ4n) is 7.78. The summed E-state index contributed by atoms with van der Waals surface area (Å²) in [4.78, 5) is 10.6. The summed E-state index contributed by atoms with van der Waals surface area (Å²) in [6.45, 7) is 0. The van der Waals surface area contributed by atoms with Crippen LogP contribution in [0.5, 0.6) is 0 Å². The molecule has 51 heavy (non-hydrogen) atoms. The average molecular weight is 657 g/mol. The van der Waals surface area contributed by atoms with E-state index in [1.165, 1.54) is 10.8 Å². The van der Waals surface area contributed by atoms with Gasteiger partial charge in [0.05, 0.1) is 11.0 Å². The van der Waals surface area contributed by atoms with Crippen LogP contribution in [0.1, 0.15) is 17.3 Å². The summed E-state index contributed by atoms with van der Waals surface area (Å²) in [6.07, 6.45) is -0.353. The number of aromatic nitrogens is 1. The van der Waals surface area contributed by atoms with Gasteiger partial charge in [0.2, 0.25) is 5.96 Å². The van der Waals surface area contributed by atoms with Gasteiger partial charge in [0.25, 0.3) is 0 Å². The van der Waals surface area contributed by atoms with Crippen LogP contribution in [-0.2, 0) is 0 Å². The summed E-state index contributed by atoms with van der Waals surface area (Å²) in [5.74, 6) is 1.36. The molecule has 1 aliphatic rings. The third-order valence-electron chi connectivity index (χ3n) is 10.1. The molecular formula is C45H28N4O2. The first-order valence-corrected chi connectivity index (χ1v) is 17.1. The molecule has 0 spiro atoms. The maximum absolute atomic E-state index is 6.73. The zero-order valence-electron chi connectivity index (χ0n) is 27.2. The summed E-state index contributed by atoms with van der Waals surface area (Å²) in [5.41, 5.74) is 9.61. The van der Waals surface area contributed by atoms with Crippen molar-refractivity contribution >= 4 is 77.5 Å². The standard InChI is InChI=1S/C45H28N4O2/c1-2-12-27(13-3-1)43-46-44(48-45(47-43)49-36-20-7-4-14-30(36)31-15-5-8-21-37(31)49)34-19-11-23-40-41(34)33-18-10-17-29(42(33)51-40)28-24-25-39-35(26-28)32-16-6-9-22-38(32)50-39/h1-26,43H,(H,46,47,48). The lowest BCUT2D eigenvalue weighted by Gasteiger charge is -2.24. The van der Waals surface area contributed by atoms with E-state index in [1.54, 1.807) is 0 Å². The number of para-hydroxylation sites is 4. The second kappa shape index (κ2) is 10.8. The Balaban J connectivity index is 1.12. The van der Waals surface area contributed by atoms with Crippen molar-refractivity contribution in [2.75, 3.05) is 0 Å². The van der Waals surface area contributed by atoms with Crippen molar-refractivity contribution in [1.29, 1.82) is 0 Å². The molecule has 6 heteroatoms. The van der Waals surface area contributed by atoms with Crippen molar-refractivity contribution in [3.05, 3.63) is 169 Å². The first kappa shape index (κ1) is 28.0. The Morgan fingerprint density at radius 1 is 0.510 bits per heavy atom. The summed E-state index contributed by atoms with van der Waals surface area (Å²) in [5, 5.41) is 10.2. The molecule has 0 fully saturated rings. The van der Waals surface area contributed by atoms with E-state index in [2.05, 4.69) is 119 Å². The predicted molar refractivity (Wildman–Crippen MR) is 208 cm³/mol.